The third kappa shape index (κ3) is 5.95. The summed E-state index contributed by atoms with van der Waals surface area (Å²) in [5, 5.41) is 26.5. The van der Waals surface area contributed by atoms with Gasteiger partial charge in [0.1, 0.15) is 17.4 Å². The Kier molecular flexibility index (Phi) is 8.14. The number of phenols is 1. The van der Waals surface area contributed by atoms with E-state index in [2.05, 4.69) is 10.6 Å². The molecule has 0 spiro atoms. The standard InChI is InChI=1S/C26H27N3O4/c1-3-32-24-12-11-18(15-25(24)33-4-2)13-14-28-17-19(16-27)26(31)29-22-9-5-8-21-20(22)7-6-10-23(21)30/h5-12,15,17,28,30H,3-4,13-14H2,1-2H3,(H,29,31)/b19-17-. The van der Waals surface area contributed by atoms with Gasteiger partial charge in [-0.1, -0.05) is 30.3 Å². The SMILES string of the molecule is CCOc1ccc(CCN/C=C(/C#N)C(=O)Nc2cccc3c(O)cccc23)cc1OCC. The van der Waals surface area contributed by atoms with Crippen molar-refractivity contribution in [3.63, 3.8) is 0 Å². The number of anilines is 1. The number of nitrogens with one attached hydrogen (secondary N) is 2. The second-order valence-electron chi connectivity index (χ2n) is 7.15. The highest BCUT2D eigenvalue weighted by molar-refractivity contribution is 6.11. The Balaban J connectivity index is 1.63. The number of nitriles is 1. The number of amides is 1. The molecule has 0 aliphatic heterocycles. The van der Waals surface area contributed by atoms with Gasteiger partial charge in [-0.05, 0) is 50.1 Å². The number of ether oxygens (including phenoxy) is 2. The molecule has 170 valence electrons. The van der Waals surface area contributed by atoms with Crippen LogP contribution in [0, 0.1) is 11.3 Å². The summed E-state index contributed by atoms with van der Waals surface area (Å²) < 4.78 is 11.2. The molecule has 0 aromatic heterocycles. The quantitative estimate of drug-likeness (QED) is 0.241. The van der Waals surface area contributed by atoms with Crippen molar-refractivity contribution in [2.45, 2.75) is 20.3 Å². The van der Waals surface area contributed by atoms with Crippen LogP contribution in [-0.2, 0) is 11.2 Å². The van der Waals surface area contributed by atoms with Gasteiger partial charge < -0.3 is 25.2 Å². The van der Waals surface area contributed by atoms with Gasteiger partial charge in [0.2, 0.25) is 0 Å². The maximum Gasteiger partial charge on any atom is 0.267 e. The highest BCUT2D eigenvalue weighted by Gasteiger charge is 2.12. The van der Waals surface area contributed by atoms with E-state index in [1.54, 1.807) is 36.4 Å². The molecule has 0 radical (unpaired) electrons. The van der Waals surface area contributed by atoms with Crippen molar-refractivity contribution in [3.8, 4) is 23.3 Å². The molecule has 0 bridgehead atoms. The Hall–Kier alpha value is -4.18. The predicted molar refractivity (Wildman–Crippen MR) is 128 cm³/mol. The van der Waals surface area contributed by atoms with Gasteiger partial charge in [-0.15, -0.1) is 0 Å². The molecule has 0 aliphatic carbocycles. The van der Waals surface area contributed by atoms with Crippen molar-refractivity contribution in [2.75, 3.05) is 25.1 Å². The molecule has 0 saturated carbocycles. The smallest absolute Gasteiger partial charge is 0.267 e. The molecule has 0 heterocycles. The fourth-order valence-corrected chi connectivity index (χ4v) is 3.38. The second kappa shape index (κ2) is 11.4. The predicted octanol–water partition coefficient (Wildman–Crippen LogP) is 4.52. The summed E-state index contributed by atoms with van der Waals surface area (Å²) in [6, 6.07) is 18.0. The molecule has 0 atom stereocenters. The monoisotopic (exact) mass is 445 g/mol. The van der Waals surface area contributed by atoms with Crippen LogP contribution < -0.4 is 20.1 Å². The summed E-state index contributed by atoms with van der Waals surface area (Å²) in [7, 11) is 0. The zero-order valence-corrected chi connectivity index (χ0v) is 18.7. The van der Waals surface area contributed by atoms with Crippen LogP contribution in [0.2, 0.25) is 0 Å². The molecule has 0 fully saturated rings. The maximum atomic E-state index is 12.6. The number of benzene rings is 3. The fraction of sp³-hybridized carbons (Fsp3) is 0.231. The molecule has 3 aromatic carbocycles. The minimum Gasteiger partial charge on any atom is -0.507 e. The molecular formula is C26H27N3O4. The van der Waals surface area contributed by atoms with Crippen LogP contribution in [0.3, 0.4) is 0 Å². The van der Waals surface area contributed by atoms with Crippen LogP contribution in [0.25, 0.3) is 10.8 Å². The minimum absolute atomic E-state index is 0.0474. The van der Waals surface area contributed by atoms with Crippen molar-refractivity contribution < 1.29 is 19.4 Å². The second-order valence-corrected chi connectivity index (χ2v) is 7.15. The van der Waals surface area contributed by atoms with Crippen molar-refractivity contribution in [2.24, 2.45) is 0 Å². The van der Waals surface area contributed by atoms with Gasteiger partial charge in [0.25, 0.3) is 5.91 Å². The number of hydrogen-bond acceptors (Lipinski definition) is 6. The van der Waals surface area contributed by atoms with Gasteiger partial charge in [-0.25, -0.2) is 0 Å². The first-order valence-corrected chi connectivity index (χ1v) is 10.8. The molecule has 0 unspecified atom stereocenters. The summed E-state index contributed by atoms with van der Waals surface area (Å²) in [5.74, 6) is 1.01. The van der Waals surface area contributed by atoms with E-state index in [4.69, 9.17) is 9.47 Å². The van der Waals surface area contributed by atoms with Crippen LogP contribution in [0.4, 0.5) is 5.69 Å². The average Bonchev–Trinajstić information content (AvgIpc) is 2.81. The molecule has 0 aliphatic rings. The van der Waals surface area contributed by atoms with E-state index in [0.29, 0.717) is 54.1 Å². The topological polar surface area (TPSA) is 104 Å². The number of phenolic OH excluding ortho intramolecular Hbond substituents is 1. The summed E-state index contributed by atoms with van der Waals surface area (Å²) in [5.41, 5.74) is 1.52. The van der Waals surface area contributed by atoms with Gasteiger partial charge in [0.05, 0.1) is 13.2 Å². The number of fused-ring (bicyclic) bond motifs is 1. The normalized spacial score (nSPS) is 11.0. The summed E-state index contributed by atoms with van der Waals surface area (Å²) in [6.45, 7) is 5.48. The zero-order valence-electron chi connectivity index (χ0n) is 18.7. The Morgan fingerprint density at radius 1 is 1.03 bits per heavy atom. The summed E-state index contributed by atoms with van der Waals surface area (Å²) >= 11 is 0. The van der Waals surface area contributed by atoms with E-state index >= 15 is 0 Å². The van der Waals surface area contributed by atoms with Gasteiger partial charge in [-0.3, -0.25) is 4.79 Å². The van der Waals surface area contributed by atoms with Crippen molar-refractivity contribution >= 4 is 22.4 Å². The Bertz CT molecular complexity index is 1200. The van der Waals surface area contributed by atoms with Crippen LogP contribution in [-0.4, -0.2) is 30.8 Å². The lowest BCUT2D eigenvalue weighted by Gasteiger charge is -2.12. The van der Waals surface area contributed by atoms with Crippen LogP contribution >= 0.6 is 0 Å². The van der Waals surface area contributed by atoms with Crippen molar-refractivity contribution in [1.29, 1.82) is 5.26 Å². The number of carbonyl (C=O) groups excluding carboxylic acids is 1. The van der Waals surface area contributed by atoms with Gasteiger partial charge >= 0.3 is 0 Å². The van der Waals surface area contributed by atoms with Gasteiger partial charge in [0, 0.05) is 29.2 Å². The Labute approximate surface area is 193 Å². The van der Waals surface area contributed by atoms with Gasteiger partial charge in [0.15, 0.2) is 11.5 Å². The highest BCUT2D eigenvalue weighted by atomic mass is 16.5. The third-order valence-electron chi connectivity index (χ3n) is 4.92. The third-order valence-corrected chi connectivity index (χ3v) is 4.92. The van der Waals surface area contributed by atoms with E-state index < -0.39 is 5.91 Å². The van der Waals surface area contributed by atoms with Crippen LogP contribution in [0.15, 0.2) is 66.4 Å². The molecular weight excluding hydrogens is 418 g/mol. The molecule has 3 aromatic rings. The van der Waals surface area contributed by atoms with Gasteiger partial charge in [-0.2, -0.15) is 5.26 Å². The first-order chi connectivity index (χ1) is 16.1. The molecule has 1 amide bonds. The minimum atomic E-state index is -0.527. The van der Waals surface area contributed by atoms with E-state index in [0.717, 1.165) is 5.56 Å². The van der Waals surface area contributed by atoms with Crippen LogP contribution in [0.1, 0.15) is 19.4 Å². The number of rotatable bonds is 10. The first kappa shape index (κ1) is 23.5. The van der Waals surface area contributed by atoms with E-state index in [1.165, 1.54) is 6.20 Å². The molecule has 7 nitrogen and oxygen atoms in total. The maximum absolute atomic E-state index is 12.6. The van der Waals surface area contributed by atoms with Crippen molar-refractivity contribution in [1.82, 2.24) is 5.32 Å². The van der Waals surface area contributed by atoms with E-state index in [9.17, 15) is 15.2 Å². The average molecular weight is 446 g/mol. The highest BCUT2D eigenvalue weighted by Crippen LogP contribution is 2.30. The lowest BCUT2D eigenvalue weighted by atomic mass is 10.1. The largest absolute Gasteiger partial charge is 0.507 e. The van der Waals surface area contributed by atoms with Crippen molar-refractivity contribution in [3.05, 3.63) is 71.9 Å². The summed E-state index contributed by atoms with van der Waals surface area (Å²) in [6.07, 6.45) is 2.09. The number of aromatic hydroxyl groups is 1. The van der Waals surface area contributed by atoms with E-state index in [-0.39, 0.29) is 11.3 Å². The number of carbonyl (C=O) groups is 1. The Morgan fingerprint density at radius 2 is 1.76 bits per heavy atom. The molecule has 0 saturated heterocycles. The van der Waals surface area contributed by atoms with Crippen LogP contribution in [0.5, 0.6) is 17.2 Å². The lowest BCUT2D eigenvalue weighted by Crippen LogP contribution is -2.18. The lowest BCUT2D eigenvalue weighted by molar-refractivity contribution is -0.112. The number of nitrogens with zero attached hydrogens (tertiary/aromatic N) is 1. The van der Waals surface area contributed by atoms with E-state index in [1.807, 2.05) is 38.1 Å². The first-order valence-electron chi connectivity index (χ1n) is 10.8. The summed E-state index contributed by atoms with van der Waals surface area (Å²) in [4.78, 5) is 12.6. The molecule has 3 rings (SSSR count). The zero-order chi connectivity index (χ0) is 23.6. The molecule has 3 N–H and O–H groups in total. The fourth-order valence-electron chi connectivity index (χ4n) is 3.38. The Morgan fingerprint density at radius 3 is 2.52 bits per heavy atom. The molecule has 33 heavy (non-hydrogen) atoms. The number of hydrogen-bond donors (Lipinski definition) is 3. The molecule has 7 heteroatoms.